The Labute approximate surface area is 114 Å². The Balaban J connectivity index is 2.50. The van der Waals surface area contributed by atoms with Crippen molar-refractivity contribution in [2.75, 3.05) is 0 Å². The lowest BCUT2D eigenvalue weighted by Gasteiger charge is -2.11. The van der Waals surface area contributed by atoms with Gasteiger partial charge in [-0.15, -0.1) is 13.2 Å². The zero-order chi connectivity index (χ0) is 14.8. The summed E-state index contributed by atoms with van der Waals surface area (Å²) in [6.07, 6.45) is -4.75. The summed E-state index contributed by atoms with van der Waals surface area (Å²) in [4.78, 5) is 0. The van der Waals surface area contributed by atoms with E-state index in [9.17, 15) is 13.2 Å². The minimum atomic E-state index is -4.75. The van der Waals surface area contributed by atoms with E-state index in [1.54, 1.807) is 18.2 Å². The summed E-state index contributed by atoms with van der Waals surface area (Å²) in [6, 6.07) is 12.8. The van der Waals surface area contributed by atoms with E-state index in [1.165, 1.54) is 12.1 Å². The van der Waals surface area contributed by atoms with Crippen LogP contribution in [0.15, 0.2) is 42.5 Å². The highest BCUT2D eigenvalue weighted by molar-refractivity contribution is 5.72. The maximum absolute atomic E-state index is 12.2. The Morgan fingerprint density at radius 1 is 1.10 bits per heavy atom. The van der Waals surface area contributed by atoms with Crippen LogP contribution in [0.5, 0.6) is 5.75 Å². The molecule has 0 aliphatic heterocycles. The number of ether oxygens (including phenoxy) is 1. The van der Waals surface area contributed by atoms with E-state index >= 15 is 0 Å². The van der Waals surface area contributed by atoms with Crippen LogP contribution in [-0.4, -0.2) is 6.36 Å². The van der Waals surface area contributed by atoms with E-state index in [2.05, 4.69) is 4.74 Å². The van der Waals surface area contributed by atoms with E-state index in [4.69, 9.17) is 5.26 Å². The number of rotatable bonds is 2. The van der Waals surface area contributed by atoms with Gasteiger partial charge in [-0.25, -0.2) is 0 Å². The van der Waals surface area contributed by atoms with Gasteiger partial charge in [-0.05, 0) is 30.7 Å². The van der Waals surface area contributed by atoms with Crippen LogP contribution in [0.4, 0.5) is 13.2 Å². The Hall–Kier alpha value is -2.48. The highest BCUT2D eigenvalue weighted by Crippen LogP contribution is 2.31. The van der Waals surface area contributed by atoms with Gasteiger partial charge >= 0.3 is 6.36 Å². The molecule has 0 atom stereocenters. The lowest BCUT2D eigenvalue weighted by molar-refractivity contribution is -0.274. The predicted octanol–water partition coefficient (Wildman–Crippen LogP) is 4.43. The molecule has 0 N–H and O–H groups in total. The molecule has 0 saturated carbocycles. The molecular formula is C15H10F3NO. The summed E-state index contributed by atoms with van der Waals surface area (Å²) in [6.45, 7) is 1.87. The fourth-order valence-corrected chi connectivity index (χ4v) is 1.87. The van der Waals surface area contributed by atoms with Crippen LogP contribution in [-0.2, 0) is 0 Å². The summed E-state index contributed by atoms with van der Waals surface area (Å²) >= 11 is 0. The van der Waals surface area contributed by atoms with Crippen LogP contribution in [0.25, 0.3) is 11.1 Å². The molecule has 0 saturated heterocycles. The molecule has 0 unspecified atom stereocenters. The minimum absolute atomic E-state index is 0.296. The Bertz CT molecular complexity index is 672. The first-order valence-electron chi connectivity index (χ1n) is 5.76. The molecule has 0 radical (unpaired) electrons. The first-order chi connectivity index (χ1) is 9.39. The monoisotopic (exact) mass is 277 g/mol. The van der Waals surface area contributed by atoms with E-state index < -0.39 is 6.36 Å². The van der Waals surface area contributed by atoms with E-state index in [0.717, 1.165) is 11.6 Å². The maximum atomic E-state index is 12.2. The normalized spacial score (nSPS) is 10.9. The molecule has 0 aliphatic carbocycles. The summed E-state index contributed by atoms with van der Waals surface area (Å²) in [5, 5.41) is 9.06. The molecule has 0 aliphatic rings. The van der Waals surface area contributed by atoms with Crippen molar-refractivity contribution < 1.29 is 17.9 Å². The summed E-state index contributed by atoms with van der Waals surface area (Å²) in [5.74, 6) is -0.340. The quantitative estimate of drug-likeness (QED) is 0.813. The van der Waals surface area contributed by atoms with Gasteiger partial charge in [-0.1, -0.05) is 29.8 Å². The number of halogens is 3. The van der Waals surface area contributed by atoms with E-state index in [0.29, 0.717) is 16.7 Å². The average molecular weight is 277 g/mol. The average Bonchev–Trinajstić information content (AvgIpc) is 2.37. The molecule has 5 heteroatoms. The van der Waals surface area contributed by atoms with Crippen molar-refractivity contribution in [1.82, 2.24) is 0 Å². The van der Waals surface area contributed by atoms with Gasteiger partial charge in [0.2, 0.25) is 0 Å². The summed E-state index contributed by atoms with van der Waals surface area (Å²) < 4.78 is 40.6. The number of nitrogens with zero attached hydrogens (tertiary/aromatic N) is 1. The van der Waals surface area contributed by atoms with Crippen LogP contribution in [0.2, 0.25) is 0 Å². The van der Waals surface area contributed by atoms with Gasteiger partial charge in [0.1, 0.15) is 5.75 Å². The third-order valence-electron chi connectivity index (χ3n) is 2.67. The first-order valence-corrected chi connectivity index (χ1v) is 5.76. The SMILES string of the molecule is Cc1cccc(-c2cc(OC(F)(F)F)ccc2C#N)c1. The predicted molar refractivity (Wildman–Crippen MR) is 68.0 cm³/mol. The number of nitriles is 1. The Morgan fingerprint density at radius 2 is 1.85 bits per heavy atom. The third-order valence-corrected chi connectivity index (χ3v) is 2.67. The van der Waals surface area contributed by atoms with E-state index in [1.807, 2.05) is 19.1 Å². The van der Waals surface area contributed by atoms with Gasteiger partial charge in [-0.3, -0.25) is 0 Å². The van der Waals surface area contributed by atoms with Crippen LogP contribution >= 0.6 is 0 Å². The number of benzene rings is 2. The van der Waals surface area contributed by atoms with Crippen LogP contribution in [0.3, 0.4) is 0 Å². The largest absolute Gasteiger partial charge is 0.573 e. The molecule has 0 aromatic heterocycles. The highest BCUT2D eigenvalue weighted by atomic mass is 19.4. The summed E-state index contributed by atoms with van der Waals surface area (Å²) in [7, 11) is 0. The highest BCUT2D eigenvalue weighted by Gasteiger charge is 2.31. The second kappa shape index (κ2) is 5.25. The van der Waals surface area contributed by atoms with Gasteiger partial charge in [0.05, 0.1) is 11.6 Å². The van der Waals surface area contributed by atoms with Crippen molar-refractivity contribution in [2.24, 2.45) is 0 Å². The van der Waals surface area contributed by atoms with Crippen LogP contribution < -0.4 is 4.74 Å². The zero-order valence-corrected chi connectivity index (χ0v) is 10.5. The molecule has 0 spiro atoms. The van der Waals surface area contributed by atoms with E-state index in [-0.39, 0.29) is 5.75 Å². The molecule has 0 bridgehead atoms. The lowest BCUT2D eigenvalue weighted by Crippen LogP contribution is -2.17. The van der Waals surface area contributed by atoms with Gasteiger partial charge < -0.3 is 4.74 Å². The molecule has 20 heavy (non-hydrogen) atoms. The molecule has 2 aromatic carbocycles. The van der Waals surface area contributed by atoms with Gasteiger partial charge in [0, 0.05) is 5.56 Å². The maximum Gasteiger partial charge on any atom is 0.573 e. The standard InChI is InChI=1S/C15H10F3NO/c1-10-3-2-4-11(7-10)14-8-13(20-15(16,17)18)6-5-12(14)9-19/h2-8H,1H3. The molecule has 2 aromatic rings. The van der Waals surface area contributed by atoms with Crippen molar-refractivity contribution in [2.45, 2.75) is 13.3 Å². The fraction of sp³-hybridized carbons (Fsp3) is 0.133. The topological polar surface area (TPSA) is 33.0 Å². The molecular weight excluding hydrogens is 267 g/mol. The molecule has 0 fully saturated rings. The molecule has 2 rings (SSSR count). The molecule has 102 valence electrons. The van der Waals surface area contributed by atoms with Crippen molar-refractivity contribution >= 4 is 0 Å². The first kappa shape index (κ1) is 13.9. The number of aryl methyl sites for hydroxylation is 1. The van der Waals surface area contributed by atoms with Crippen molar-refractivity contribution in [3.8, 4) is 22.9 Å². The van der Waals surface area contributed by atoms with Crippen molar-refractivity contribution in [1.29, 1.82) is 5.26 Å². The third kappa shape index (κ3) is 3.29. The molecule has 2 nitrogen and oxygen atoms in total. The van der Waals surface area contributed by atoms with Crippen molar-refractivity contribution in [3.05, 3.63) is 53.6 Å². The Kier molecular flexibility index (Phi) is 3.66. The van der Waals surface area contributed by atoms with Gasteiger partial charge in [-0.2, -0.15) is 5.26 Å². The van der Waals surface area contributed by atoms with Crippen LogP contribution in [0, 0.1) is 18.3 Å². The smallest absolute Gasteiger partial charge is 0.406 e. The summed E-state index contributed by atoms with van der Waals surface area (Å²) in [5.41, 5.74) is 2.34. The van der Waals surface area contributed by atoms with Crippen molar-refractivity contribution in [3.63, 3.8) is 0 Å². The number of hydrogen-bond acceptors (Lipinski definition) is 2. The van der Waals surface area contributed by atoms with Gasteiger partial charge in [0.15, 0.2) is 0 Å². The van der Waals surface area contributed by atoms with Gasteiger partial charge in [0.25, 0.3) is 0 Å². The number of alkyl halides is 3. The second-order valence-corrected chi connectivity index (χ2v) is 4.24. The number of hydrogen-bond donors (Lipinski definition) is 0. The second-order valence-electron chi connectivity index (χ2n) is 4.24. The molecule has 0 amide bonds. The lowest BCUT2D eigenvalue weighted by atomic mass is 9.99. The fourth-order valence-electron chi connectivity index (χ4n) is 1.87. The zero-order valence-electron chi connectivity index (χ0n) is 10.5. The van der Waals surface area contributed by atoms with Crippen LogP contribution in [0.1, 0.15) is 11.1 Å². The molecule has 0 heterocycles. The minimum Gasteiger partial charge on any atom is -0.406 e. The Morgan fingerprint density at radius 3 is 2.45 bits per heavy atom.